The molecule has 1 fully saturated rings. The molecule has 0 spiro atoms. The van der Waals surface area contributed by atoms with Crippen LogP contribution in [0, 0.1) is 0 Å². The molecule has 0 aliphatic carbocycles. The molecule has 1 amide bonds. The minimum atomic E-state index is 0.0798. The summed E-state index contributed by atoms with van der Waals surface area (Å²) in [5, 5.41) is 6.93. The summed E-state index contributed by atoms with van der Waals surface area (Å²) < 4.78 is 0. The summed E-state index contributed by atoms with van der Waals surface area (Å²) in [6.07, 6.45) is 2.11. The van der Waals surface area contributed by atoms with Gasteiger partial charge in [0.25, 0.3) is 0 Å². The summed E-state index contributed by atoms with van der Waals surface area (Å²) in [5.41, 5.74) is 3.08. The second-order valence-electron chi connectivity index (χ2n) is 5.55. The maximum atomic E-state index is 11.7. The van der Waals surface area contributed by atoms with Gasteiger partial charge < -0.3 is 15.5 Å². The maximum absolute atomic E-state index is 11.7. The Hall–Kier alpha value is -2.49. The highest BCUT2D eigenvalue weighted by molar-refractivity contribution is 5.77. The summed E-state index contributed by atoms with van der Waals surface area (Å²) in [6.45, 7) is 2.47. The Labute approximate surface area is 131 Å². The van der Waals surface area contributed by atoms with E-state index in [-0.39, 0.29) is 12.1 Å². The van der Waals surface area contributed by atoms with Gasteiger partial charge in [-0.3, -0.25) is 4.79 Å². The molecule has 0 aromatic heterocycles. The zero-order chi connectivity index (χ0) is 15.4. The number of carbonyl (C=O) groups is 1. The monoisotopic (exact) mass is 295 g/mol. The first-order chi connectivity index (χ1) is 10.7. The Kier molecular flexibility index (Phi) is 4.28. The molecule has 22 heavy (non-hydrogen) atoms. The molecule has 1 aliphatic rings. The molecule has 2 N–H and O–H groups in total. The van der Waals surface area contributed by atoms with Crippen LogP contribution in [0.15, 0.2) is 54.6 Å². The van der Waals surface area contributed by atoms with Gasteiger partial charge in [-0.15, -0.1) is 0 Å². The molecule has 2 aromatic rings. The molecule has 4 heteroatoms. The fourth-order valence-corrected chi connectivity index (χ4v) is 2.87. The van der Waals surface area contributed by atoms with Gasteiger partial charge in [-0.25, -0.2) is 0 Å². The molecule has 0 saturated carbocycles. The molecule has 1 atom stereocenters. The predicted octanol–water partition coefficient (Wildman–Crippen LogP) is 3.81. The van der Waals surface area contributed by atoms with E-state index in [1.165, 1.54) is 0 Å². The van der Waals surface area contributed by atoms with Crippen LogP contribution in [-0.2, 0) is 4.79 Å². The molecule has 1 heterocycles. The predicted molar refractivity (Wildman–Crippen MR) is 90.2 cm³/mol. The number of rotatable bonds is 4. The first-order valence-electron chi connectivity index (χ1n) is 7.69. The fraction of sp³-hybridized carbons (Fsp3) is 0.278. The van der Waals surface area contributed by atoms with Crippen molar-refractivity contribution in [2.75, 3.05) is 17.2 Å². The largest absolute Gasteiger partial charge is 0.363 e. The highest BCUT2D eigenvalue weighted by Gasteiger charge is 2.26. The quantitative estimate of drug-likeness (QED) is 0.901. The Morgan fingerprint density at radius 2 is 1.73 bits per heavy atom. The van der Waals surface area contributed by atoms with E-state index in [9.17, 15) is 4.79 Å². The van der Waals surface area contributed by atoms with Gasteiger partial charge in [0.1, 0.15) is 6.17 Å². The molecular weight excluding hydrogens is 274 g/mol. The lowest BCUT2D eigenvalue weighted by atomic mass is 10.2. The lowest BCUT2D eigenvalue weighted by Gasteiger charge is -2.26. The van der Waals surface area contributed by atoms with Crippen LogP contribution < -0.4 is 10.6 Å². The van der Waals surface area contributed by atoms with Gasteiger partial charge in [-0.1, -0.05) is 30.3 Å². The molecule has 0 bridgehead atoms. The SMILES string of the molecule is CC(=O)N1CCCC1Nc1ccccc1Nc1ccccc1. The van der Waals surface area contributed by atoms with E-state index in [0.717, 1.165) is 36.4 Å². The van der Waals surface area contributed by atoms with E-state index in [4.69, 9.17) is 0 Å². The smallest absolute Gasteiger partial charge is 0.221 e. The van der Waals surface area contributed by atoms with Crippen LogP contribution in [0.2, 0.25) is 0 Å². The number of likely N-dealkylation sites (tertiary alicyclic amines) is 1. The Bertz CT molecular complexity index is 642. The third-order valence-corrected chi connectivity index (χ3v) is 3.96. The summed E-state index contributed by atoms with van der Waals surface area (Å²) in [4.78, 5) is 13.6. The Morgan fingerprint density at radius 1 is 1.05 bits per heavy atom. The third kappa shape index (κ3) is 3.22. The first-order valence-corrected chi connectivity index (χ1v) is 7.69. The van der Waals surface area contributed by atoms with Crippen molar-refractivity contribution in [3.63, 3.8) is 0 Å². The van der Waals surface area contributed by atoms with E-state index < -0.39 is 0 Å². The fourth-order valence-electron chi connectivity index (χ4n) is 2.87. The second kappa shape index (κ2) is 6.52. The van der Waals surface area contributed by atoms with E-state index in [2.05, 4.69) is 10.6 Å². The number of para-hydroxylation sites is 3. The van der Waals surface area contributed by atoms with Gasteiger partial charge in [-0.05, 0) is 37.1 Å². The minimum Gasteiger partial charge on any atom is -0.363 e. The Balaban J connectivity index is 1.78. The lowest BCUT2D eigenvalue weighted by Crippen LogP contribution is -2.38. The molecule has 114 valence electrons. The van der Waals surface area contributed by atoms with Crippen LogP contribution in [0.3, 0.4) is 0 Å². The molecule has 2 aromatic carbocycles. The van der Waals surface area contributed by atoms with Crippen molar-refractivity contribution < 1.29 is 4.79 Å². The number of carbonyl (C=O) groups excluding carboxylic acids is 1. The van der Waals surface area contributed by atoms with E-state index in [1.54, 1.807) is 6.92 Å². The summed E-state index contributed by atoms with van der Waals surface area (Å²) >= 11 is 0. The summed E-state index contributed by atoms with van der Waals surface area (Å²) in [5.74, 6) is 0.128. The Morgan fingerprint density at radius 3 is 2.45 bits per heavy atom. The first kappa shape index (κ1) is 14.4. The van der Waals surface area contributed by atoms with Gasteiger partial charge in [-0.2, -0.15) is 0 Å². The van der Waals surface area contributed by atoms with Gasteiger partial charge in [0.05, 0.1) is 11.4 Å². The standard InChI is InChI=1S/C18H21N3O/c1-14(22)21-13-7-12-18(21)20-17-11-6-5-10-16(17)19-15-8-3-2-4-9-15/h2-6,8-11,18-20H,7,12-13H2,1H3. The summed E-state index contributed by atoms with van der Waals surface area (Å²) in [6, 6.07) is 18.2. The maximum Gasteiger partial charge on any atom is 0.221 e. The number of hydrogen-bond donors (Lipinski definition) is 2. The molecule has 1 unspecified atom stereocenters. The van der Waals surface area contributed by atoms with Crippen molar-refractivity contribution in [2.45, 2.75) is 25.9 Å². The highest BCUT2D eigenvalue weighted by atomic mass is 16.2. The van der Waals surface area contributed by atoms with Crippen molar-refractivity contribution in [1.82, 2.24) is 4.90 Å². The van der Waals surface area contributed by atoms with Gasteiger partial charge in [0.2, 0.25) is 5.91 Å². The van der Waals surface area contributed by atoms with Crippen LogP contribution in [0.4, 0.5) is 17.1 Å². The number of benzene rings is 2. The van der Waals surface area contributed by atoms with E-state index >= 15 is 0 Å². The van der Waals surface area contributed by atoms with Crippen LogP contribution in [0.5, 0.6) is 0 Å². The normalized spacial score (nSPS) is 17.3. The number of hydrogen-bond acceptors (Lipinski definition) is 3. The zero-order valence-corrected chi connectivity index (χ0v) is 12.8. The highest BCUT2D eigenvalue weighted by Crippen LogP contribution is 2.28. The van der Waals surface area contributed by atoms with Crippen molar-refractivity contribution in [2.24, 2.45) is 0 Å². The molecule has 3 rings (SSSR count). The van der Waals surface area contributed by atoms with E-state index in [0.29, 0.717) is 0 Å². The van der Waals surface area contributed by atoms with Crippen molar-refractivity contribution in [1.29, 1.82) is 0 Å². The van der Waals surface area contributed by atoms with E-state index in [1.807, 2.05) is 59.5 Å². The molecule has 1 aliphatic heterocycles. The van der Waals surface area contributed by atoms with Crippen LogP contribution in [0.1, 0.15) is 19.8 Å². The average Bonchev–Trinajstić information content (AvgIpc) is 2.99. The van der Waals surface area contributed by atoms with Crippen LogP contribution in [0.25, 0.3) is 0 Å². The van der Waals surface area contributed by atoms with Crippen molar-refractivity contribution in [3.8, 4) is 0 Å². The zero-order valence-electron chi connectivity index (χ0n) is 12.8. The topological polar surface area (TPSA) is 44.4 Å². The average molecular weight is 295 g/mol. The van der Waals surface area contributed by atoms with Gasteiger partial charge >= 0.3 is 0 Å². The number of anilines is 3. The number of nitrogens with zero attached hydrogens (tertiary/aromatic N) is 1. The van der Waals surface area contributed by atoms with Gasteiger partial charge in [0.15, 0.2) is 0 Å². The summed E-state index contributed by atoms with van der Waals surface area (Å²) in [7, 11) is 0. The van der Waals surface area contributed by atoms with Crippen molar-refractivity contribution in [3.05, 3.63) is 54.6 Å². The van der Waals surface area contributed by atoms with Crippen LogP contribution >= 0.6 is 0 Å². The third-order valence-electron chi connectivity index (χ3n) is 3.96. The minimum absolute atomic E-state index is 0.0798. The van der Waals surface area contributed by atoms with Crippen LogP contribution in [-0.4, -0.2) is 23.5 Å². The number of nitrogens with one attached hydrogen (secondary N) is 2. The van der Waals surface area contributed by atoms with Crippen molar-refractivity contribution >= 4 is 23.0 Å². The molecule has 4 nitrogen and oxygen atoms in total. The molecule has 1 saturated heterocycles. The second-order valence-corrected chi connectivity index (χ2v) is 5.55. The lowest BCUT2D eigenvalue weighted by molar-refractivity contribution is -0.129. The van der Waals surface area contributed by atoms with Gasteiger partial charge in [0, 0.05) is 19.2 Å². The molecule has 0 radical (unpaired) electrons. The number of amides is 1. The molecular formula is C18H21N3O.